The van der Waals surface area contributed by atoms with E-state index < -0.39 is 0 Å². The lowest BCUT2D eigenvalue weighted by Crippen LogP contribution is -2.33. The Morgan fingerprint density at radius 2 is 2.25 bits per heavy atom. The number of pyridine rings is 1. The molecule has 3 nitrogen and oxygen atoms in total. The molecule has 1 N–H and O–H groups in total. The van der Waals surface area contributed by atoms with Crippen LogP contribution in [0.4, 0.5) is 0 Å². The highest BCUT2D eigenvalue weighted by Crippen LogP contribution is 2.19. The number of hydrogen-bond acceptors (Lipinski definition) is 2. The molecule has 1 rings (SSSR count). The summed E-state index contributed by atoms with van der Waals surface area (Å²) >= 11 is 0. The van der Waals surface area contributed by atoms with E-state index in [0.29, 0.717) is 12.5 Å². The molecule has 0 fully saturated rings. The van der Waals surface area contributed by atoms with Crippen LogP contribution in [-0.2, 0) is 6.54 Å². The number of nitrogens with zero attached hydrogens (tertiary/aromatic N) is 1. The molecule has 0 amide bonds. The molecule has 0 radical (unpaired) electrons. The van der Waals surface area contributed by atoms with Gasteiger partial charge in [0.15, 0.2) is 6.20 Å². The second-order valence-electron chi connectivity index (χ2n) is 2.42. The smallest absolute Gasteiger partial charge is 0.411 e. The van der Waals surface area contributed by atoms with Crippen LogP contribution in [0.1, 0.15) is 13.8 Å². The Kier molecular flexibility index (Phi) is 2.91. The first kappa shape index (κ1) is 8.84. The molecule has 0 saturated carbocycles. The first-order valence-electron chi connectivity index (χ1n) is 4.13. The number of aryl methyl sites for hydroxylation is 1. The second kappa shape index (κ2) is 3.95. The van der Waals surface area contributed by atoms with Crippen molar-refractivity contribution in [3.05, 3.63) is 18.3 Å². The van der Waals surface area contributed by atoms with Gasteiger partial charge in [-0.05, 0) is 19.9 Å². The number of ether oxygens (including phenoxy) is 1. The summed E-state index contributed by atoms with van der Waals surface area (Å²) in [6.07, 6.45) is 1.88. The van der Waals surface area contributed by atoms with Crippen molar-refractivity contribution < 1.29 is 14.4 Å². The van der Waals surface area contributed by atoms with Crippen molar-refractivity contribution in [2.75, 3.05) is 6.61 Å². The zero-order valence-corrected chi connectivity index (χ0v) is 7.45. The lowest BCUT2D eigenvalue weighted by Gasteiger charge is -2.02. The third-order valence-corrected chi connectivity index (χ3v) is 1.62. The number of rotatable bonds is 3. The molecule has 1 aromatic heterocycles. The van der Waals surface area contributed by atoms with Gasteiger partial charge in [-0.15, -0.1) is 0 Å². The topological polar surface area (TPSA) is 33.3 Å². The predicted molar refractivity (Wildman–Crippen MR) is 45.1 cm³/mol. The fraction of sp³-hybridized carbons (Fsp3) is 0.444. The fourth-order valence-corrected chi connectivity index (χ4v) is 1.07. The highest BCUT2D eigenvalue weighted by molar-refractivity contribution is 5.26. The van der Waals surface area contributed by atoms with E-state index in [0.717, 1.165) is 6.54 Å². The summed E-state index contributed by atoms with van der Waals surface area (Å²) in [6, 6.07) is 3.42. The van der Waals surface area contributed by atoms with Gasteiger partial charge < -0.3 is 9.84 Å². The zero-order valence-electron chi connectivity index (χ0n) is 7.45. The van der Waals surface area contributed by atoms with Crippen LogP contribution in [-0.4, -0.2) is 11.7 Å². The van der Waals surface area contributed by atoms with E-state index in [-0.39, 0.29) is 5.75 Å². The molecular formula is C9H14NO2+. The van der Waals surface area contributed by atoms with Gasteiger partial charge in [0.1, 0.15) is 6.54 Å². The van der Waals surface area contributed by atoms with Gasteiger partial charge in [-0.3, -0.25) is 0 Å². The average Bonchev–Trinajstić information content (AvgIpc) is 2.09. The molecule has 66 valence electrons. The van der Waals surface area contributed by atoms with E-state index in [2.05, 4.69) is 0 Å². The molecule has 0 bridgehead atoms. The molecular weight excluding hydrogens is 154 g/mol. The van der Waals surface area contributed by atoms with Gasteiger partial charge in [-0.2, -0.15) is 4.57 Å². The molecule has 1 heterocycles. The fourth-order valence-electron chi connectivity index (χ4n) is 1.07. The summed E-state index contributed by atoms with van der Waals surface area (Å²) < 4.78 is 7.13. The van der Waals surface area contributed by atoms with Gasteiger partial charge >= 0.3 is 5.88 Å². The van der Waals surface area contributed by atoms with Crippen LogP contribution in [0.15, 0.2) is 18.3 Å². The molecule has 0 aliphatic heterocycles. The molecule has 0 aliphatic rings. The zero-order chi connectivity index (χ0) is 8.97. The minimum absolute atomic E-state index is 0.196. The first-order chi connectivity index (χ1) is 5.79. The number of aromatic hydroxyl groups is 1. The first-order valence-corrected chi connectivity index (χ1v) is 4.13. The summed E-state index contributed by atoms with van der Waals surface area (Å²) in [5, 5.41) is 9.41. The molecule has 1 aromatic rings. The third-order valence-electron chi connectivity index (χ3n) is 1.62. The molecule has 0 saturated heterocycles. The van der Waals surface area contributed by atoms with E-state index in [4.69, 9.17) is 4.74 Å². The normalized spacial score (nSPS) is 9.83. The van der Waals surface area contributed by atoms with Crippen LogP contribution in [0.25, 0.3) is 0 Å². The Balaban J connectivity index is 3.02. The summed E-state index contributed by atoms with van der Waals surface area (Å²) in [5.74, 6) is 0.740. The summed E-state index contributed by atoms with van der Waals surface area (Å²) in [7, 11) is 0. The van der Waals surface area contributed by atoms with Crippen molar-refractivity contribution in [1.82, 2.24) is 0 Å². The third kappa shape index (κ3) is 1.67. The molecule has 3 heteroatoms. The summed E-state index contributed by atoms with van der Waals surface area (Å²) in [4.78, 5) is 0. The Morgan fingerprint density at radius 3 is 2.83 bits per heavy atom. The van der Waals surface area contributed by atoms with E-state index >= 15 is 0 Å². The maximum absolute atomic E-state index is 9.41. The van der Waals surface area contributed by atoms with Crippen LogP contribution in [0.5, 0.6) is 11.6 Å². The second-order valence-corrected chi connectivity index (χ2v) is 2.42. The molecule has 12 heavy (non-hydrogen) atoms. The van der Waals surface area contributed by atoms with Crippen LogP contribution in [0.3, 0.4) is 0 Å². The van der Waals surface area contributed by atoms with E-state index in [1.165, 1.54) is 0 Å². The monoisotopic (exact) mass is 168 g/mol. The largest absolute Gasteiger partial charge is 0.500 e. The van der Waals surface area contributed by atoms with Crippen molar-refractivity contribution >= 4 is 0 Å². The predicted octanol–water partition coefficient (Wildman–Crippen LogP) is 1.10. The lowest BCUT2D eigenvalue weighted by molar-refractivity contribution is -0.698. The minimum atomic E-state index is 0.196. The van der Waals surface area contributed by atoms with Crippen molar-refractivity contribution in [2.45, 2.75) is 20.4 Å². The van der Waals surface area contributed by atoms with E-state index in [1.807, 2.05) is 24.6 Å². The highest BCUT2D eigenvalue weighted by Gasteiger charge is 2.14. The van der Waals surface area contributed by atoms with Crippen molar-refractivity contribution in [3.8, 4) is 11.6 Å². The number of hydrogen-bond donors (Lipinski definition) is 1. The van der Waals surface area contributed by atoms with Crippen LogP contribution in [0.2, 0.25) is 0 Å². The van der Waals surface area contributed by atoms with Gasteiger partial charge in [0, 0.05) is 6.07 Å². The van der Waals surface area contributed by atoms with E-state index in [9.17, 15) is 5.11 Å². The van der Waals surface area contributed by atoms with E-state index in [1.54, 1.807) is 12.1 Å². The standard InChI is InChI=1S/C9H13NO2/c1-3-10-7-5-6-8(11)9(10)12-4-2/h5-7H,3-4H2,1-2H3/p+1. The van der Waals surface area contributed by atoms with Gasteiger partial charge in [0.25, 0.3) is 0 Å². The van der Waals surface area contributed by atoms with Gasteiger partial charge in [0.05, 0.1) is 6.61 Å². The van der Waals surface area contributed by atoms with Gasteiger partial charge in [-0.25, -0.2) is 0 Å². The Labute approximate surface area is 72.2 Å². The average molecular weight is 168 g/mol. The van der Waals surface area contributed by atoms with Crippen LogP contribution < -0.4 is 9.30 Å². The molecule has 0 atom stereocenters. The van der Waals surface area contributed by atoms with Crippen molar-refractivity contribution in [3.63, 3.8) is 0 Å². The maximum atomic E-state index is 9.41. The lowest BCUT2D eigenvalue weighted by atomic mass is 10.4. The molecule has 0 unspecified atom stereocenters. The van der Waals surface area contributed by atoms with Gasteiger partial charge in [0.2, 0.25) is 5.75 Å². The molecule has 0 spiro atoms. The Hall–Kier alpha value is -1.25. The SMILES string of the molecule is CCOc1c(O)ccc[n+]1CC. The number of aromatic nitrogens is 1. The summed E-state index contributed by atoms with van der Waals surface area (Å²) in [5.41, 5.74) is 0. The van der Waals surface area contributed by atoms with Crippen molar-refractivity contribution in [1.29, 1.82) is 0 Å². The quantitative estimate of drug-likeness (QED) is 0.685. The molecule has 0 aromatic carbocycles. The minimum Gasteiger partial charge on any atom is -0.500 e. The van der Waals surface area contributed by atoms with Crippen molar-refractivity contribution in [2.24, 2.45) is 0 Å². The summed E-state index contributed by atoms with van der Waals surface area (Å²) in [6.45, 7) is 5.26. The highest BCUT2D eigenvalue weighted by atomic mass is 16.5. The van der Waals surface area contributed by atoms with Gasteiger partial charge in [-0.1, -0.05) is 0 Å². The maximum Gasteiger partial charge on any atom is 0.411 e. The molecule has 0 aliphatic carbocycles. The Morgan fingerprint density at radius 1 is 1.50 bits per heavy atom. The van der Waals surface area contributed by atoms with Crippen LogP contribution >= 0.6 is 0 Å². The van der Waals surface area contributed by atoms with Crippen LogP contribution in [0, 0.1) is 0 Å². The Bertz CT molecular complexity index is 261.